The molecule has 0 bridgehead atoms. The van der Waals surface area contributed by atoms with Crippen LogP contribution < -0.4 is 11.1 Å². The summed E-state index contributed by atoms with van der Waals surface area (Å²) in [6.07, 6.45) is 10.6. The summed E-state index contributed by atoms with van der Waals surface area (Å²) in [6, 6.07) is 8.94. The molecule has 0 aliphatic carbocycles. The van der Waals surface area contributed by atoms with Crippen molar-refractivity contribution in [1.82, 2.24) is 24.3 Å². The van der Waals surface area contributed by atoms with Gasteiger partial charge in [0.05, 0.1) is 12.6 Å². The lowest BCUT2D eigenvalue weighted by Crippen LogP contribution is -2.38. The summed E-state index contributed by atoms with van der Waals surface area (Å²) >= 11 is 0. The number of benzene rings is 1. The van der Waals surface area contributed by atoms with Crippen LogP contribution in [0.2, 0.25) is 0 Å². The first-order chi connectivity index (χ1) is 19.0. The van der Waals surface area contributed by atoms with E-state index in [2.05, 4.69) is 15.3 Å². The molecule has 1 aliphatic heterocycles. The van der Waals surface area contributed by atoms with Crippen LogP contribution in [0.15, 0.2) is 67.1 Å². The third-order valence-electron chi connectivity index (χ3n) is 6.60. The molecule has 0 saturated carbocycles. The van der Waals surface area contributed by atoms with E-state index < -0.39 is 11.7 Å². The van der Waals surface area contributed by atoms with Crippen molar-refractivity contribution >= 4 is 29.0 Å². The molecule has 3 N–H and O–H groups in total. The Morgan fingerprint density at radius 2 is 2.00 bits per heavy atom. The maximum Gasteiger partial charge on any atom is 0.256 e. The van der Waals surface area contributed by atoms with E-state index in [-0.39, 0.29) is 17.8 Å². The number of nitrogens with one attached hydrogen (secondary N) is 1. The van der Waals surface area contributed by atoms with Crippen molar-refractivity contribution in [2.75, 3.05) is 31.3 Å². The minimum absolute atomic E-state index is 0.0970. The van der Waals surface area contributed by atoms with E-state index in [0.717, 1.165) is 30.9 Å². The molecule has 39 heavy (non-hydrogen) atoms. The number of amides is 2. The molecule has 4 aromatic rings. The SMILES string of the molecule is COCC=CC(=O)N1CCCC[C@H]1c1nc(-c2ccc(C(=O)Nc3cc(F)ccn3)cc2)c2c(N)nccn12. The number of carbonyl (C=O) groups is 2. The number of ether oxygens (including phenoxy) is 1. The number of hydrogen-bond acceptors (Lipinski definition) is 7. The highest BCUT2D eigenvalue weighted by Gasteiger charge is 2.31. The molecule has 1 aromatic carbocycles. The third-order valence-corrected chi connectivity index (χ3v) is 6.60. The van der Waals surface area contributed by atoms with Gasteiger partial charge in [-0.05, 0) is 37.5 Å². The summed E-state index contributed by atoms with van der Waals surface area (Å²) in [5, 5.41) is 2.59. The zero-order valence-electron chi connectivity index (χ0n) is 21.4. The Bertz CT molecular complexity index is 1530. The van der Waals surface area contributed by atoms with Gasteiger partial charge >= 0.3 is 0 Å². The van der Waals surface area contributed by atoms with Crippen LogP contribution >= 0.6 is 0 Å². The maximum absolute atomic E-state index is 13.4. The molecule has 200 valence electrons. The van der Waals surface area contributed by atoms with Crippen LogP contribution in [0.4, 0.5) is 16.0 Å². The molecular formula is C28H28FN7O3. The Labute approximate surface area is 224 Å². The second-order valence-electron chi connectivity index (χ2n) is 9.14. The molecule has 3 aromatic heterocycles. The minimum atomic E-state index is -0.492. The first kappa shape index (κ1) is 26.0. The number of piperidine rings is 1. The molecule has 11 heteroatoms. The predicted octanol–water partition coefficient (Wildman–Crippen LogP) is 4.02. The highest BCUT2D eigenvalue weighted by Crippen LogP contribution is 2.36. The second-order valence-corrected chi connectivity index (χ2v) is 9.14. The highest BCUT2D eigenvalue weighted by atomic mass is 19.1. The molecule has 1 atom stereocenters. The van der Waals surface area contributed by atoms with Gasteiger partial charge in [0.15, 0.2) is 0 Å². The van der Waals surface area contributed by atoms with E-state index in [1.165, 1.54) is 18.3 Å². The summed E-state index contributed by atoms with van der Waals surface area (Å²) in [5.41, 5.74) is 8.63. The zero-order valence-corrected chi connectivity index (χ0v) is 21.4. The van der Waals surface area contributed by atoms with Crippen molar-refractivity contribution in [3.05, 3.63) is 84.3 Å². The molecule has 5 rings (SSSR count). The van der Waals surface area contributed by atoms with E-state index in [4.69, 9.17) is 15.5 Å². The number of aromatic nitrogens is 4. The number of methoxy groups -OCH3 is 1. The van der Waals surface area contributed by atoms with Crippen molar-refractivity contribution in [1.29, 1.82) is 0 Å². The predicted molar refractivity (Wildman–Crippen MR) is 144 cm³/mol. The number of pyridine rings is 1. The molecular weight excluding hydrogens is 501 g/mol. The monoisotopic (exact) mass is 529 g/mol. The summed E-state index contributed by atoms with van der Waals surface area (Å²) in [5.74, 6) is 0.111. The van der Waals surface area contributed by atoms with E-state index in [1.807, 2.05) is 9.30 Å². The number of hydrogen-bond donors (Lipinski definition) is 2. The molecule has 4 heterocycles. The second kappa shape index (κ2) is 11.4. The van der Waals surface area contributed by atoms with Gasteiger partial charge in [-0.3, -0.25) is 14.0 Å². The van der Waals surface area contributed by atoms with E-state index >= 15 is 0 Å². The highest BCUT2D eigenvalue weighted by molar-refractivity contribution is 6.04. The van der Waals surface area contributed by atoms with Crippen LogP contribution in [-0.2, 0) is 9.53 Å². The van der Waals surface area contributed by atoms with Gasteiger partial charge in [0.1, 0.15) is 34.5 Å². The van der Waals surface area contributed by atoms with Gasteiger partial charge in [0, 0.05) is 55.5 Å². The van der Waals surface area contributed by atoms with Gasteiger partial charge in [-0.25, -0.2) is 19.3 Å². The minimum Gasteiger partial charge on any atom is -0.382 e. The summed E-state index contributed by atoms with van der Waals surface area (Å²) in [7, 11) is 1.58. The number of fused-ring (bicyclic) bond motifs is 1. The largest absolute Gasteiger partial charge is 0.382 e. The van der Waals surface area contributed by atoms with Gasteiger partial charge in [0.2, 0.25) is 5.91 Å². The Kier molecular flexibility index (Phi) is 7.60. The lowest BCUT2D eigenvalue weighted by molar-refractivity contribution is -0.130. The van der Waals surface area contributed by atoms with E-state index in [1.54, 1.807) is 49.8 Å². The van der Waals surface area contributed by atoms with Gasteiger partial charge in [-0.2, -0.15) is 0 Å². The average molecular weight is 530 g/mol. The molecule has 1 aliphatic rings. The van der Waals surface area contributed by atoms with Crippen molar-refractivity contribution in [3.63, 3.8) is 0 Å². The van der Waals surface area contributed by atoms with E-state index in [9.17, 15) is 14.0 Å². The fourth-order valence-corrected chi connectivity index (χ4v) is 4.77. The lowest BCUT2D eigenvalue weighted by Gasteiger charge is -2.34. The van der Waals surface area contributed by atoms with Crippen LogP contribution in [0, 0.1) is 5.82 Å². The molecule has 2 amide bonds. The smallest absolute Gasteiger partial charge is 0.256 e. The Hall–Kier alpha value is -4.64. The molecule has 0 unspecified atom stereocenters. The molecule has 1 saturated heterocycles. The van der Waals surface area contributed by atoms with Gasteiger partial charge in [0.25, 0.3) is 5.91 Å². The average Bonchev–Trinajstić information content (AvgIpc) is 3.34. The first-order valence-corrected chi connectivity index (χ1v) is 12.6. The number of nitrogens with zero attached hydrogens (tertiary/aromatic N) is 5. The maximum atomic E-state index is 13.4. The normalized spacial score (nSPS) is 15.6. The van der Waals surface area contributed by atoms with Crippen molar-refractivity contribution in [2.45, 2.75) is 25.3 Å². The van der Waals surface area contributed by atoms with Crippen LogP contribution in [0.3, 0.4) is 0 Å². The molecule has 1 fully saturated rings. The molecule has 0 radical (unpaired) electrons. The number of likely N-dealkylation sites (tertiary alicyclic amines) is 1. The lowest BCUT2D eigenvalue weighted by atomic mass is 10.0. The van der Waals surface area contributed by atoms with Crippen LogP contribution in [0.1, 0.15) is 41.5 Å². The number of rotatable bonds is 7. The summed E-state index contributed by atoms with van der Waals surface area (Å²) < 4.78 is 20.4. The topological polar surface area (TPSA) is 128 Å². The number of imidazole rings is 1. The Balaban J connectivity index is 1.47. The number of halogens is 1. The van der Waals surface area contributed by atoms with Crippen LogP contribution in [-0.4, -0.2) is 56.3 Å². The Morgan fingerprint density at radius 3 is 2.77 bits per heavy atom. The fraction of sp³-hybridized carbons (Fsp3) is 0.250. The zero-order chi connectivity index (χ0) is 27.4. The first-order valence-electron chi connectivity index (χ1n) is 12.6. The summed E-state index contributed by atoms with van der Waals surface area (Å²) in [4.78, 5) is 40.7. The van der Waals surface area contributed by atoms with Gasteiger partial charge < -0.3 is 20.7 Å². The van der Waals surface area contributed by atoms with E-state index in [0.29, 0.717) is 41.6 Å². The van der Waals surface area contributed by atoms with Crippen LogP contribution in [0.25, 0.3) is 16.8 Å². The van der Waals surface area contributed by atoms with Crippen LogP contribution in [0.5, 0.6) is 0 Å². The quantitative estimate of drug-likeness (QED) is 0.346. The van der Waals surface area contributed by atoms with Gasteiger partial charge in [-0.1, -0.05) is 18.2 Å². The van der Waals surface area contributed by atoms with Crippen molar-refractivity contribution in [2.24, 2.45) is 0 Å². The molecule has 0 spiro atoms. The third kappa shape index (κ3) is 5.48. The number of carbonyl (C=O) groups excluding carboxylic acids is 2. The van der Waals surface area contributed by atoms with Crippen molar-refractivity contribution < 1.29 is 18.7 Å². The van der Waals surface area contributed by atoms with Gasteiger partial charge in [-0.15, -0.1) is 0 Å². The Morgan fingerprint density at radius 1 is 1.18 bits per heavy atom. The molecule has 10 nitrogen and oxygen atoms in total. The summed E-state index contributed by atoms with van der Waals surface area (Å²) in [6.45, 7) is 0.977. The standard InChI is InChI=1S/C28H28FN7O3/c1-39-16-4-6-23(37)35-14-3-2-5-21(35)27-34-24(25-26(30)32-13-15-36(25)27)18-7-9-19(10-8-18)28(38)33-22-17-20(29)11-12-31-22/h4,6-13,15,17,21H,2-3,5,14,16H2,1H3,(H2,30,32)(H,31,33,38)/t21-/m0/s1. The van der Waals surface area contributed by atoms with Crippen molar-refractivity contribution in [3.8, 4) is 11.3 Å². The number of nitrogens with two attached hydrogens (primary N) is 1. The number of nitrogen functional groups attached to an aromatic ring is 1. The fourth-order valence-electron chi connectivity index (χ4n) is 4.77. The number of anilines is 2.